The van der Waals surface area contributed by atoms with Gasteiger partial charge in [0.1, 0.15) is 18.1 Å². The van der Waals surface area contributed by atoms with E-state index in [9.17, 15) is 0 Å². The summed E-state index contributed by atoms with van der Waals surface area (Å²) in [6.07, 6.45) is 1.15. The van der Waals surface area contributed by atoms with Gasteiger partial charge in [0.15, 0.2) is 0 Å². The Bertz CT molecular complexity index is 578. The van der Waals surface area contributed by atoms with Gasteiger partial charge in [0.05, 0.1) is 7.11 Å². The standard InChI is InChI=1S/C18H21BrO2/c1-4-13(2)14-5-7-16(8-6-14)21-12-15-11-17(20-3)9-10-18(15)19/h5-11,13H,4,12H2,1-3H3. The maximum atomic E-state index is 5.86. The van der Waals surface area contributed by atoms with Crippen LogP contribution >= 0.6 is 15.9 Å². The molecule has 3 heteroatoms. The van der Waals surface area contributed by atoms with E-state index in [1.54, 1.807) is 7.11 Å². The van der Waals surface area contributed by atoms with E-state index in [0.717, 1.165) is 28.0 Å². The van der Waals surface area contributed by atoms with Crippen molar-refractivity contribution >= 4 is 15.9 Å². The number of ether oxygens (including phenoxy) is 2. The summed E-state index contributed by atoms with van der Waals surface area (Å²) in [5, 5.41) is 0. The average Bonchev–Trinajstić information content (AvgIpc) is 2.54. The van der Waals surface area contributed by atoms with Gasteiger partial charge in [-0.15, -0.1) is 0 Å². The van der Waals surface area contributed by atoms with Crippen LogP contribution in [0.5, 0.6) is 11.5 Å². The lowest BCUT2D eigenvalue weighted by Crippen LogP contribution is -1.98. The van der Waals surface area contributed by atoms with Gasteiger partial charge in [-0.2, -0.15) is 0 Å². The van der Waals surface area contributed by atoms with Crippen molar-refractivity contribution in [3.05, 3.63) is 58.1 Å². The fourth-order valence-electron chi connectivity index (χ4n) is 2.08. The van der Waals surface area contributed by atoms with Crippen molar-refractivity contribution in [1.29, 1.82) is 0 Å². The van der Waals surface area contributed by atoms with E-state index in [1.165, 1.54) is 5.56 Å². The summed E-state index contributed by atoms with van der Waals surface area (Å²) in [6.45, 7) is 4.96. The maximum absolute atomic E-state index is 5.86. The van der Waals surface area contributed by atoms with Crippen LogP contribution in [0.3, 0.4) is 0 Å². The largest absolute Gasteiger partial charge is 0.497 e. The second kappa shape index (κ2) is 7.51. The second-order valence-electron chi connectivity index (χ2n) is 5.12. The summed E-state index contributed by atoms with van der Waals surface area (Å²) in [4.78, 5) is 0. The van der Waals surface area contributed by atoms with Gasteiger partial charge in [0.2, 0.25) is 0 Å². The Morgan fingerprint density at radius 3 is 2.33 bits per heavy atom. The van der Waals surface area contributed by atoms with E-state index in [2.05, 4.69) is 41.9 Å². The Kier molecular flexibility index (Phi) is 5.68. The lowest BCUT2D eigenvalue weighted by molar-refractivity contribution is 0.304. The molecule has 2 aromatic rings. The highest BCUT2D eigenvalue weighted by molar-refractivity contribution is 9.10. The van der Waals surface area contributed by atoms with Crippen LogP contribution in [0.15, 0.2) is 46.9 Å². The average molecular weight is 349 g/mol. The molecule has 2 nitrogen and oxygen atoms in total. The fourth-order valence-corrected chi connectivity index (χ4v) is 2.44. The highest BCUT2D eigenvalue weighted by Crippen LogP contribution is 2.25. The van der Waals surface area contributed by atoms with Crippen molar-refractivity contribution < 1.29 is 9.47 Å². The first-order valence-electron chi connectivity index (χ1n) is 7.19. The zero-order valence-corrected chi connectivity index (χ0v) is 14.3. The van der Waals surface area contributed by atoms with E-state index < -0.39 is 0 Å². The molecule has 1 unspecified atom stereocenters. The normalized spacial score (nSPS) is 12.0. The zero-order valence-electron chi connectivity index (χ0n) is 12.7. The molecule has 0 N–H and O–H groups in total. The molecule has 0 aromatic heterocycles. The maximum Gasteiger partial charge on any atom is 0.119 e. The lowest BCUT2D eigenvalue weighted by Gasteiger charge is -2.12. The first-order valence-corrected chi connectivity index (χ1v) is 7.98. The van der Waals surface area contributed by atoms with E-state index >= 15 is 0 Å². The third kappa shape index (κ3) is 4.24. The summed E-state index contributed by atoms with van der Waals surface area (Å²) in [5.74, 6) is 2.31. The summed E-state index contributed by atoms with van der Waals surface area (Å²) < 4.78 is 12.1. The minimum absolute atomic E-state index is 0.514. The molecule has 0 saturated carbocycles. The molecule has 0 heterocycles. The molecule has 0 amide bonds. The molecule has 0 bridgehead atoms. The molecule has 0 aliphatic rings. The van der Waals surface area contributed by atoms with Gasteiger partial charge in [-0.1, -0.05) is 41.9 Å². The summed E-state index contributed by atoms with van der Waals surface area (Å²) >= 11 is 3.54. The van der Waals surface area contributed by atoms with Gasteiger partial charge in [0, 0.05) is 10.0 Å². The van der Waals surface area contributed by atoms with Gasteiger partial charge in [0.25, 0.3) is 0 Å². The predicted octanol–water partition coefficient (Wildman–Crippen LogP) is 5.55. The van der Waals surface area contributed by atoms with E-state index in [-0.39, 0.29) is 0 Å². The Morgan fingerprint density at radius 2 is 1.71 bits per heavy atom. The van der Waals surface area contributed by atoms with E-state index in [4.69, 9.17) is 9.47 Å². The van der Waals surface area contributed by atoms with Crippen LogP contribution in [-0.4, -0.2) is 7.11 Å². The van der Waals surface area contributed by atoms with Crippen molar-refractivity contribution in [2.75, 3.05) is 7.11 Å². The van der Waals surface area contributed by atoms with Crippen LogP contribution in [0.25, 0.3) is 0 Å². The van der Waals surface area contributed by atoms with Crippen molar-refractivity contribution in [2.24, 2.45) is 0 Å². The molecular weight excluding hydrogens is 328 g/mol. The predicted molar refractivity (Wildman–Crippen MR) is 90.2 cm³/mol. The van der Waals surface area contributed by atoms with E-state index in [0.29, 0.717) is 12.5 Å². The van der Waals surface area contributed by atoms with Crippen molar-refractivity contribution in [3.8, 4) is 11.5 Å². The molecule has 0 aliphatic heterocycles. The van der Waals surface area contributed by atoms with E-state index in [1.807, 2.05) is 30.3 Å². The summed E-state index contributed by atoms with van der Waals surface area (Å²) in [7, 11) is 1.67. The first kappa shape index (κ1) is 15.9. The van der Waals surface area contributed by atoms with Gasteiger partial charge < -0.3 is 9.47 Å². The number of methoxy groups -OCH3 is 1. The van der Waals surface area contributed by atoms with Gasteiger partial charge in [-0.3, -0.25) is 0 Å². The van der Waals surface area contributed by atoms with Gasteiger partial charge >= 0.3 is 0 Å². The highest BCUT2D eigenvalue weighted by atomic mass is 79.9. The van der Waals surface area contributed by atoms with Crippen LogP contribution in [-0.2, 0) is 6.61 Å². The molecule has 0 aliphatic carbocycles. The van der Waals surface area contributed by atoms with Crippen molar-refractivity contribution in [1.82, 2.24) is 0 Å². The lowest BCUT2D eigenvalue weighted by atomic mass is 9.99. The minimum Gasteiger partial charge on any atom is -0.497 e. The Morgan fingerprint density at radius 1 is 1.05 bits per heavy atom. The molecule has 0 radical (unpaired) electrons. The molecule has 112 valence electrons. The number of hydrogen-bond acceptors (Lipinski definition) is 2. The van der Waals surface area contributed by atoms with Crippen LogP contribution in [0.4, 0.5) is 0 Å². The highest BCUT2D eigenvalue weighted by Gasteiger charge is 2.05. The van der Waals surface area contributed by atoms with Crippen molar-refractivity contribution in [3.63, 3.8) is 0 Å². The number of halogens is 1. The van der Waals surface area contributed by atoms with Crippen molar-refractivity contribution in [2.45, 2.75) is 32.8 Å². The first-order chi connectivity index (χ1) is 10.1. The van der Waals surface area contributed by atoms with Crippen LogP contribution in [0.1, 0.15) is 37.3 Å². The molecule has 2 rings (SSSR count). The fraction of sp³-hybridized carbons (Fsp3) is 0.333. The molecule has 0 saturated heterocycles. The SMILES string of the molecule is CCC(C)c1ccc(OCc2cc(OC)ccc2Br)cc1. The summed E-state index contributed by atoms with van der Waals surface area (Å²) in [5.41, 5.74) is 2.42. The van der Waals surface area contributed by atoms with Gasteiger partial charge in [-0.05, 0) is 48.2 Å². The zero-order chi connectivity index (χ0) is 15.2. The molecular formula is C18H21BrO2. The third-order valence-corrected chi connectivity index (χ3v) is 4.48. The second-order valence-corrected chi connectivity index (χ2v) is 5.98. The number of rotatable bonds is 6. The number of hydrogen-bond donors (Lipinski definition) is 0. The van der Waals surface area contributed by atoms with Crippen LogP contribution in [0.2, 0.25) is 0 Å². The quantitative estimate of drug-likeness (QED) is 0.681. The molecule has 0 spiro atoms. The summed E-state index contributed by atoms with van der Waals surface area (Å²) in [6, 6.07) is 14.2. The molecule has 21 heavy (non-hydrogen) atoms. The number of benzene rings is 2. The Labute approximate surface area is 135 Å². The topological polar surface area (TPSA) is 18.5 Å². The third-order valence-electron chi connectivity index (χ3n) is 3.71. The monoisotopic (exact) mass is 348 g/mol. The molecule has 1 atom stereocenters. The smallest absolute Gasteiger partial charge is 0.119 e. The minimum atomic E-state index is 0.514. The molecule has 2 aromatic carbocycles. The van der Waals surface area contributed by atoms with Crippen LogP contribution in [0, 0.1) is 0 Å². The van der Waals surface area contributed by atoms with Gasteiger partial charge in [-0.25, -0.2) is 0 Å². The van der Waals surface area contributed by atoms with Crippen LogP contribution < -0.4 is 9.47 Å². The Balaban J connectivity index is 2.03. The molecule has 0 fully saturated rings. The Hall–Kier alpha value is -1.48.